The molecule has 4 aromatic carbocycles. The fourth-order valence-corrected chi connectivity index (χ4v) is 19.1. The summed E-state index contributed by atoms with van der Waals surface area (Å²) < 4.78 is 0. The van der Waals surface area contributed by atoms with Crippen molar-refractivity contribution in [3.63, 3.8) is 0 Å². The Bertz CT molecular complexity index is 1850. The molecule has 0 amide bonds. The van der Waals surface area contributed by atoms with E-state index in [0.29, 0.717) is 33.2 Å². The molecule has 5 rings (SSSR count). The molecule has 0 fully saturated rings. The molecule has 0 atom stereocenters. The largest absolute Gasteiger partial charge is 0.243 e. The first-order valence-corrected chi connectivity index (χ1v) is 21.8. The summed E-state index contributed by atoms with van der Waals surface area (Å²) in [4.78, 5) is 10.8. The Morgan fingerprint density at radius 1 is 0.457 bits per heavy atom. The Labute approximate surface area is 279 Å². The highest BCUT2D eigenvalue weighted by Crippen LogP contribution is 2.43. The van der Waals surface area contributed by atoms with Crippen LogP contribution in [-0.2, 0) is 0 Å². The minimum absolute atomic E-state index is 0.544. The minimum Gasteiger partial charge on any atom is -0.243 e. The Balaban J connectivity index is 1.97. The molecule has 0 N–H and O–H groups in total. The predicted molar refractivity (Wildman–Crippen MR) is 208 cm³/mol. The quantitative estimate of drug-likeness (QED) is 0.105. The molecule has 46 heavy (non-hydrogen) atoms. The maximum atomic E-state index is 5.42. The number of aromatic nitrogens is 2. The molecule has 0 saturated carbocycles. The van der Waals surface area contributed by atoms with Gasteiger partial charge in [0.1, 0.15) is 27.2 Å². The minimum atomic E-state index is -2.00. The van der Waals surface area contributed by atoms with Gasteiger partial charge >= 0.3 is 0 Å². The molecule has 0 saturated heterocycles. The number of benzene rings is 4. The normalized spacial score (nSPS) is 12.7. The third-order valence-corrected chi connectivity index (χ3v) is 23.6. The number of nitrogens with zero attached hydrogens (tertiary/aromatic N) is 2. The molecular weight excluding hydrogens is 589 g/mol. The van der Waals surface area contributed by atoms with Crippen molar-refractivity contribution in [3.8, 4) is 22.9 Å². The molecule has 1 aromatic heterocycles. The highest BCUT2D eigenvalue weighted by Gasteiger charge is 2.43. The second-order valence-corrected chi connectivity index (χ2v) is 26.4. The Kier molecular flexibility index (Phi) is 9.57. The van der Waals surface area contributed by atoms with Crippen LogP contribution in [0.5, 0.6) is 0 Å². The fraction of sp³-hybridized carbons (Fsp3) is 0.429. The van der Waals surface area contributed by atoms with Crippen LogP contribution in [0.3, 0.4) is 0 Å². The molecule has 238 valence electrons. The van der Waals surface area contributed by atoms with E-state index in [4.69, 9.17) is 9.97 Å². The lowest BCUT2D eigenvalue weighted by atomic mass is 9.97. The summed E-state index contributed by atoms with van der Waals surface area (Å²) in [6, 6.07) is 21.5. The topological polar surface area (TPSA) is 25.8 Å². The van der Waals surface area contributed by atoms with Gasteiger partial charge in [-0.05, 0) is 56.2 Å². The molecule has 5 aromatic rings. The van der Waals surface area contributed by atoms with Crippen molar-refractivity contribution in [3.05, 3.63) is 71.8 Å². The molecule has 0 aliphatic rings. The van der Waals surface area contributed by atoms with Crippen molar-refractivity contribution in [1.29, 1.82) is 0 Å². The molecule has 1 heterocycles. The van der Waals surface area contributed by atoms with Crippen molar-refractivity contribution in [2.45, 2.75) is 116 Å². The average Bonchev–Trinajstić information content (AvgIpc) is 2.99. The Hall–Kier alpha value is -3.45. The van der Waals surface area contributed by atoms with Gasteiger partial charge in [0.05, 0.1) is 22.2 Å². The van der Waals surface area contributed by atoms with E-state index in [-0.39, 0.29) is 0 Å². The summed E-state index contributed by atoms with van der Waals surface area (Å²) >= 11 is 0. The van der Waals surface area contributed by atoms with Crippen molar-refractivity contribution >= 4 is 59.8 Å². The highest BCUT2D eigenvalue weighted by molar-refractivity contribution is 6.91. The van der Waals surface area contributed by atoms with E-state index in [1.165, 1.54) is 10.8 Å². The van der Waals surface area contributed by atoms with Crippen molar-refractivity contribution in [1.82, 2.24) is 9.97 Å². The van der Waals surface area contributed by atoms with Gasteiger partial charge in [-0.25, -0.2) is 9.97 Å². The van der Waals surface area contributed by atoms with Crippen molar-refractivity contribution < 1.29 is 0 Å². The number of hydrogen-bond acceptors (Lipinski definition) is 2. The van der Waals surface area contributed by atoms with E-state index >= 15 is 0 Å². The lowest BCUT2D eigenvalue weighted by Crippen LogP contribution is -2.43. The molecule has 0 unspecified atom stereocenters. The number of rotatable bonds is 6. The van der Waals surface area contributed by atoms with E-state index in [2.05, 4.69) is 167 Å². The standard InChI is InChI=1S/C42H52N2Si2/c1-27(2)45(28(3)4,29(5)6)23-21-37-35-19-15-16-20-36(35)38(22-24-46(30(7)8,31(9)10)32(11)12)42-41(37)43-39-25-33-17-13-14-18-34(33)26-40(39)44-42/h13-20,25-32H,1-12H3. The van der Waals surface area contributed by atoms with Crippen LogP contribution in [0, 0.1) is 22.9 Å². The SMILES string of the molecule is CC(C)[Si](C#Cc1c2ccccc2c(C#C[Si](C(C)C)(C(C)C)C(C)C)c2nc3cc4ccccc4cc3nc12)(C(C)C)C(C)C. The zero-order valence-corrected chi connectivity index (χ0v) is 32.1. The van der Waals surface area contributed by atoms with E-state index in [1.807, 2.05) is 0 Å². The maximum absolute atomic E-state index is 5.42. The van der Waals surface area contributed by atoms with Gasteiger partial charge in [0, 0.05) is 10.8 Å². The zero-order valence-electron chi connectivity index (χ0n) is 30.1. The van der Waals surface area contributed by atoms with Crippen LogP contribution >= 0.6 is 0 Å². The first-order chi connectivity index (χ1) is 21.7. The summed E-state index contributed by atoms with van der Waals surface area (Å²) in [7, 11) is -4.00. The van der Waals surface area contributed by atoms with Gasteiger partial charge in [0.2, 0.25) is 0 Å². The van der Waals surface area contributed by atoms with E-state index in [9.17, 15) is 0 Å². The van der Waals surface area contributed by atoms with Crippen LogP contribution in [-0.4, -0.2) is 26.1 Å². The first kappa shape index (κ1) is 33.9. The lowest BCUT2D eigenvalue weighted by molar-refractivity contribution is 0.838. The number of fused-ring (bicyclic) bond motifs is 4. The Morgan fingerprint density at radius 2 is 0.761 bits per heavy atom. The van der Waals surface area contributed by atoms with Crippen LogP contribution in [0.1, 0.15) is 94.2 Å². The van der Waals surface area contributed by atoms with Crippen LogP contribution in [0.2, 0.25) is 33.2 Å². The highest BCUT2D eigenvalue weighted by atomic mass is 28.3. The Morgan fingerprint density at radius 3 is 1.07 bits per heavy atom. The summed E-state index contributed by atoms with van der Waals surface area (Å²) in [6.45, 7) is 28.5. The monoisotopic (exact) mass is 640 g/mol. The van der Waals surface area contributed by atoms with Gasteiger partial charge < -0.3 is 0 Å². The van der Waals surface area contributed by atoms with Crippen molar-refractivity contribution in [2.24, 2.45) is 0 Å². The molecular formula is C42H52N2Si2. The van der Waals surface area contributed by atoms with Crippen LogP contribution < -0.4 is 0 Å². The van der Waals surface area contributed by atoms with Gasteiger partial charge in [-0.3, -0.25) is 0 Å². The third kappa shape index (κ3) is 5.59. The summed E-state index contributed by atoms with van der Waals surface area (Å²) in [5.74, 6) is 7.68. The second kappa shape index (κ2) is 13.0. The van der Waals surface area contributed by atoms with Gasteiger partial charge in [0.25, 0.3) is 0 Å². The molecule has 2 nitrogen and oxygen atoms in total. The van der Waals surface area contributed by atoms with Crippen LogP contribution in [0.4, 0.5) is 0 Å². The van der Waals surface area contributed by atoms with Gasteiger partial charge in [0.15, 0.2) is 0 Å². The predicted octanol–water partition coefficient (Wildman–Crippen LogP) is 12.2. The first-order valence-electron chi connectivity index (χ1n) is 17.4. The molecule has 4 heteroatoms. The summed E-state index contributed by atoms with van der Waals surface area (Å²) in [6.07, 6.45) is 0. The fourth-order valence-electron chi connectivity index (χ4n) is 8.73. The molecule has 0 radical (unpaired) electrons. The molecule has 0 aliphatic heterocycles. The van der Waals surface area contributed by atoms with E-state index in [1.54, 1.807) is 0 Å². The third-order valence-electron chi connectivity index (χ3n) is 11.0. The zero-order chi connectivity index (χ0) is 33.6. The van der Waals surface area contributed by atoms with Gasteiger partial charge in [-0.1, -0.05) is 143 Å². The smallest absolute Gasteiger partial charge is 0.146 e. The average molecular weight is 641 g/mol. The van der Waals surface area contributed by atoms with Gasteiger partial charge in [-0.2, -0.15) is 0 Å². The van der Waals surface area contributed by atoms with Gasteiger partial charge in [-0.15, -0.1) is 11.1 Å². The number of hydrogen-bond donors (Lipinski definition) is 0. The van der Waals surface area contributed by atoms with E-state index < -0.39 is 16.1 Å². The van der Waals surface area contributed by atoms with E-state index in [0.717, 1.165) is 44.0 Å². The van der Waals surface area contributed by atoms with Crippen molar-refractivity contribution in [2.75, 3.05) is 0 Å². The maximum Gasteiger partial charge on any atom is 0.146 e. The van der Waals surface area contributed by atoms with Crippen LogP contribution in [0.25, 0.3) is 43.6 Å². The summed E-state index contributed by atoms with van der Waals surface area (Å²) in [5.41, 5.74) is 16.9. The summed E-state index contributed by atoms with van der Waals surface area (Å²) in [5, 5.41) is 4.60. The molecule has 0 aliphatic carbocycles. The molecule has 0 bridgehead atoms. The lowest BCUT2D eigenvalue weighted by Gasteiger charge is -2.38. The molecule has 0 spiro atoms. The van der Waals surface area contributed by atoms with Crippen LogP contribution in [0.15, 0.2) is 60.7 Å². The second-order valence-electron chi connectivity index (χ2n) is 15.2.